The standard InChI is InChI=1S/C18H21NO3/c1-3-22-18(20)13-16(14-9-5-4-6-10-14)19-15-11-7-8-12-17(15)21-2/h4-12,16,19H,3,13H2,1-2H3/t16-/m1/s1. The van der Waals surface area contributed by atoms with Gasteiger partial charge in [0, 0.05) is 0 Å². The highest BCUT2D eigenvalue weighted by Crippen LogP contribution is 2.29. The van der Waals surface area contributed by atoms with Crippen LogP contribution in [0.15, 0.2) is 54.6 Å². The first-order valence-electron chi connectivity index (χ1n) is 7.34. The van der Waals surface area contributed by atoms with Crippen LogP contribution in [0.3, 0.4) is 0 Å². The number of anilines is 1. The largest absolute Gasteiger partial charge is 0.495 e. The van der Waals surface area contributed by atoms with Crippen LogP contribution >= 0.6 is 0 Å². The molecule has 0 aliphatic rings. The van der Waals surface area contributed by atoms with Gasteiger partial charge in [-0.2, -0.15) is 0 Å². The van der Waals surface area contributed by atoms with Crippen molar-refractivity contribution in [2.75, 3.05) is 19.0 Å². The number of methoxy groups -OCH3 is 1. The van der Waals surface area contributed by atoms with Crippen LogP contribution in [0.5, 0.6) is 5.75 Å². The van der Waals surface area contributed by atoms with Crippen molar-refractivity contribution in [3.63, 3.8) is 0 Å². The lowest BCUT2D eigenvalue weighted by atomic mass is 10.0. The van der Waals surface area contributed by atoms with E-state index in [9.17, 15) is 4.79 Å². The molecule has 2 aromatic rings. The van der Waals surface area contributed by atoms with Crippen molar-refractivity contribution in [1.29, 1.82) is 0 Å². The second-order valence-corrected chi connectivity index (χ2v) is 4.82. The van der Waals surface area contributed by atoms with E-state index in [2.05, 4.69) is 5.32 Å². The minimum absolute atomic E-state index is 0.170. The Hall–Kier alpha value is -2.49. The Labute approximate surface area is 131 Å². The van der Waals surface area contributed by atoms with Crippen LogP contribution in [0, 0.1) is 0 Å². The highest BCUT2D eigenvalue weighted by atomic mass is 16.5. The van der Waals surface area contributed by atoms with Crippen LogP contribution < -0.4 is 10.1 Å². The third-order valence-corrected chi connectivity index (χ3v) is 3.31. The average molecular weight is 299 g/mol. The molecule has 116 valence electrons. The molecule has 0 bridgehead atoms. The van der Waals surface area contributed by atoms with Gasteiger partial charge in [-0.1, -0.05) is 42.5 Å². The highest BCUT2D eigenvalue weighted by molar-refractivity contribution is 5.71. The molecule has 0 spiro atoms. The highest BCUT2D eigenvalue weighted by Gasteiger charge is 2.18. The molecule has 1 atom stereocenters. The van der Waals surface area contributed by atoms with Crippen molar-refractivity contribution in [3.05, 3.63) is 60.2 Å². The van der Waals surface area contributed by atoms with Crippen LogP contribution in [-0.2, 0) is 9.53 Å². The Balaban J connectivity index is 2.22. The van der Waals surface area contributed by atoms with Crippen LogP contribution in [0.4, 0.5) is 5.69 Å². The molecule has 2 aromatic carbocycles. The molecule has 4 heteroatoms. The molecule has 0 aliphatic heterocycles. The SMILES string of the molecule is CCOC(=O)C[C@@H](Nc1ccccc1OC)c1ccccc1. The summed E-state index contributed by atoms with van der Waals surface area (Å²) < 4.78 is 10.4. The van der Waals surface area contributed by atoms with Crippen molar-refractivity contribution >= 4 is 11.7 Å². The molecule has 1 N–H and O–H groups in total. The zero-order chi connectivity index (χ0) is 15.8. The Kier molecular flexibility index (Phi) is 5.83. The van der Waals surface area contributed by atoms with Gasteiger partial charge >= 0.3 is 5.97 Å². The van der Waals surface area contributed by atoms with Crippen LogP contribution in [0.2, 0.25) is 0 Å². The number of nitrogens with one attached hydrogen (secondary N) is 1. The molecule has 0 aliphatic carbocycles. The van der Waals surface area contributed by atoms with E-state index in [1.165, 1.54) is 0 Å². The number of esters is 1. The lowest BCUT2D eigenvalue weighted by molar-refractivity contribution is -0.143. The van der Waals surface area contributed by atoms with E-state index in [1.54, 1.807) is 7.11 Å². The van der Waals surface area contributed by atoms with E-state index in [-0.39, 0.29) is 18.4 Å². The third kappa shape index (κ3) is 4.25. The van der Waals surface area contributed by atoms with E-state index >= 15 is 0 Å². The number of ether oxygens (including phenoxy) is 2. The fraction of sp³-hybridized carbons (Fsp3) is 0.278. The normalized spacial score (nSPS) is 11.5. The Bertz CT molecular complexity index is 598. The maximum absolute atomic E-state index is 11.9. The summed E-state index contributed by atoms with van der Waals surface area (Å²) in [5, 5.41) is 3.38. The fourth-order valence-electron chi connectivity index (χ4n) is 2.28. The van der Waals surface area contributed by atoms with Crippen molar-refractivity contribution in [1.82, 2.24) is 0 Å². The van der Waals surface area contributed by atoms with E-state index < -0.39 is 0 Å². The van der Waals surface area contributed by atoms with E-state index in [0.717, 1.165) is 17.0 Å². The lowest BCUT2D eigenvalue weighted by Crippen LogP contribution is -2.17. The van der Waals surface area contributed by atoms with Gasteiger partial charge in [0.1, 0.15) is 5.75 Å². The number of benzene rings is 2. The molecular formula is C18H21NO3. The first-order valence-corrected chi connectivity index (χ1v) is 7.34. The van der Waals surface area contributed by atoms with Crippen LogP contribution in [0.1, 0.15) is 24.9 Å². The smallest absolute Gasteiger partial charge is 0.308 e. The van der Waals surface area contributed by atoms with Crippen molar-refractivity contribution < 1.29 is 14.3 Å². The maximum Gasteiger partial charge on any atom is 0.308 e. The van der Waals surface area contributed by atoms with Gasteiger partial charge in [-0.05, 0) is 24.6 Å². The fourth-order valence-corrected chi connectivity index (χ4v) is 2.28. The number of hydrogen-bond acceptors (Lipinski definition) is 4. The molecule has 2 rings (SSSR count). The zero-order valence-electron chi connectivity index (χ0n) is 12.9. The van der Waals surface area contributed by atoms with Gasteiger partial charge in [0.05, 0.1) is 31.9 Å². The predicted molar refractivity (Wildman–Crippen MR) is 87.0 cm³/mol. The molecule has 0 saturated heterocycles. The van der Waals surface area contributed by atoms with Gasteiger partial charge in [-0.25, -0.2) is 0 Å². The first-order chi connectivity index (χ1) is 10.7. The van der Waals surface area contributed by atoms with Gasteiger partial charge in [0.25, 0.3) is 0 Å². The minimum atomic E-state index is -0.223. The van der Waals surface area contributed by atoms with E-state index in [1.807, 2.05) is 61.5 Å². The summed E-state index contributed by atoms with van der Waals surface area (Å²) in [5.74, 6) is 0.519. The molecule has 4 nitrogen and oxygen atoms in total. The first kappa shape index (κ1) is 15.9. The Morgan fingerprint density at radius 1 is 1.09 bits per heavy atom. The summed E-state index contributed by atoms with van der Waals surface area (Å²) in [7, 11) is 1.63. The van der Waals surface area contributed by atoms with Gasteiger partial charge in [0.2, 0.25) is 0 Å². The number of rotatable bonds is 7. The van der Waals surface area contributed by atoms with Crippen LogP contribution in [-0.4, -0.2) is 19.7 Å². The molecular weight excluding hydrogens is 278 g/mol. The molecule has 0 unspecified atom stereocenters. The second-order valence-electron chi connectivity index (χ2n) is 4.82. The monoisotopic (exact) mass is 299 g/mol. The second kappa shape index (κ2) is 8.08. The summed E-state index contributed by atoms with van der Waals surface area (Å²) >= 11 is 0. The van der Waals surface area contributed by atoms with Crippen molar-refractivity contribution in [2.24, 2.45) is 0 Å². The van der Waals surface area contributed by atoms with Gasteiger partial charge in [-0.3, -0.25) is 4.79 Å². The summed E-state index contributed by atoms with van der Waals surface area (Å²) in [5.41, 5.74) is 1.88. The number of carbonyl (C=O) groups excluding carboxylic acids is 1. The number of hydrogen-bond donors (Lipinski definition) is 1. The summed E-state index contributed by atoms with van der Waals surface area (Å²) in [6.45, 7) is 2.19. The predicted octanol–water partition coefficient (Wildman–Crippen LogP) is 3.80. The minimum Gasteiger partial charge on any atom is -0.495 e. The molecule has 0 radical (unpaired) electrons. The number of carbonyl (C=O) groups is 1. The third-order valence-electron chi connectivity index (χ3n) is 3.31. The summed E-state index contributed by atoms with van der Waals surface area (Å²) in [6.07, 6.45) is 0.260. The van der Waals surface area contributed by atoms with Crippen molar-refractivity contribution in [3.8, 4) is 5.75 Å². The molecule has 0 aromatic heterocycles. The van der Waals surface area contributed by atoms with Gasteiger partial charge in [-0.15, -0.1) is 0 Å². The van der Waals surface area contributed by atoms with E-state index in [4.69, 9.17) is 9.47 Å². The molecule has 0 amide bonds. The maximum atomic E-state index is 11.9. The van der Waals surface area contributed by atoms with Crippen LogP contribution in [0.25, 0.3) is 0 Å². The Morgan fingerprint density at radius 3 is 2.45 bits per heavy atom. The van der Waals surface area contributed by atoms with Gasteiger partial charge < -0.3 is 14.8 Å². The molecule has 22 heavy (non-hydrogen) atoms. The average Bonchev–Trinajstić information content (AvgIpc) is 2.56. The molecule has 0 saturated carbocycles. The lowest BCUT2D eigenvalue weighted by Gasteiger charge is -2.21. The van der Waals surface area contributed by atoms with E-state index in [0.29, 0.717) is 6.61 Å². The van der Waals surface area contributed by atoms with Crippen molar-refractivity contribution in [2.45, 2.75) is 19.4 Å². The van der Waals surface area contributed by atoms with Gasteiger partial charge in [0.15, 0.2) is 0 Å². The topological polar surface area (TPSA) is 47.6 Å². The quantitative estimate of drug-likeness (QED) is 0.790. The summed E-state index contributed by atoms with van der Waals surface area (Å²) in [4.78, 5) is 11.9. The molecule has 0 fully saturated rings. The number of para-hydroxylation sites is 2. The zero-order valence-corrected chi connectivity index (χ0v) is 12.9. The Morgan fingerprint density at radius 2 is 1.77 bits per heavy atom. The molecule has 0 heterocycles. The summed E-state index contributed by atoms with van der Waals surface area (Å²) in [6, 6.07) is 17.3.